The van der Waals surface area contributed by atoms with E-state index in [0.29, 0.717) is 12.1 Å². The summed E-state index contributed by atoms with van der Waals surface area (Å²) >= 11 is 5.89. The third-order valence-corrected chi connectivity index (χ3v) is 3.69. The van der Waals surface area contributed by atoms with Gasteiger partial charge in [0, 0.05) is 29.7 Å². The Morgan fingerprint density at radius 3 is 2.43 bits per heavy atom. The number of benzene rings is 2. The third kappa shape index (κ3) is 4.53. The van der Waals surface area contributed by atoms with Crippen LogP contribution in [0.3, 0.4) is 0 Å². The van der Waals surface area contributed by atoms with Gasteiger partial charge in [0.1, 0.15) is 5.82 Å². The molecule has 2 amide bonds. The van der Waals surface area contributed by atoms with Gasteiger partial charge >= 0.3 is 0 Å². The first kappa shape index (κ1) is 17.0. The van der Waals surface area contributed by atoms with E-state index in [2.05, 4.69) is 10.6 Å². The molecule has 4 nitrogen and oxygen atoms in total. The summed E-state index contributed by atoms with van der Waals surface area (Å²) in [5, 5.41) is 5.46. The van der Waals surface area contributed by atoms with Crippen molar-refractivity contribution in [3.05, 3.63) is 70.0 Å². The molecular formula is C17H16ClFN2O2. The number of hydrogen-bond donors (Lipinski definition) is 2. The normalized spacial score (nSPS) is 10.2. The molecule has 0 saturated carbocycles. The first-order chi connectivity index (χ1) is 11.0. The van der Waals surface area contributed by atoms with Gasteiger partial charge in [-0.25, -0.2) is 4.39 Å². The van der Waals surface area contributed by atoms with Crippen molar-refractivity contribution in [3.63, 3.8) is 0 Å². The summed E-state index contributed by atoms with van der Waals surface area (Å²) in [5.74, 6) is -0.996. The molecule has 2 N–H and O–H groups in total. The number of nitrogens with one attached hydrogen (secondary N) is 2. The van der Waals surface area contributed by atoms with Gasteiger partial charge in [-0.2, -0.15) is 0 Å². The molecule has 0 heterocycles. The molecule has 2 aromatic carbocycles. The van der Waals surface area contributed by atoms with E-state index >= 15 is 0 Å². The van der Waals surface area contributed by atoms with Crippen LogP contribution in [0.1, 0.15) is 21.5 Å². The van der Waals surface area contributed by atoms with E-state index in [4.69, 9.17) is 11.6 Å². The maximum absolute atomic E-state index is 13.6. The molecule has 0 aliphatic carbocycles. The van der Waals surface area contributed by atoms with E-state index in [0.717, 1.165) is 5.56 Å². The molecule has 6 heteroatoms. The van der Waals surface area contributed by atoms with Gasteiger partial charge in [0.15, 0.2) is 0 Å². The molecule has 23 heavy (non-hydrogen) atoms. The number of hydrogen-bond acceptors (Lipinski definition) is 2. The molecule has 0 aromatic heterocycles. The summed E-state index contributed by atoms with van der Waals surface area (Å²) in [7, 11) is 1.56. The average molecular weight is 335 g/mol. The lowest BCUT2D eigenvalue weighted by atomic mass is 10.1. The van der Waals surface area contributed by atoms with Crippen LogP contribution < -0.4 is 10.6 Å². The highest BCUT2D eigenvalue weighted by Gasteiger charge is 2.11. The zero-order chi connectivity index (χ0) is 16.8. The van der Waals surface area contributed by atoms with Gasteiger partial charge in [0.05, 0.1) is 6.42 Å². The van der Waals surface area contributed by atoms with Gasteiger partial charge < -0.3 is 10.6 Å². The minimum Gasteiger partial charge on any atom is -0.355 e. The number of carbonyl (C=O) groups is 2. The largest absolute Gasteiger partial charge is 0.355 e. The fraction of sp³-hybridized carbons (Fsp3) is 0.176. The van der Waals surface area contributed by atoms with E-state index < -0.39 is 5.82 Å². The molecule has 120 valence electrons. The lowest BCUT2D eigenvalue weighted by Gasteiger charge is -2.08. The molecule has 2 aromatic rings. The summed E-state index contributed by atoms with van der Waals surface area (Å²) in [6.45, 7) is 0.291. The van der Waals surface area contributed by atoms with Crippen LogP contribution in [0, 0.1) is 5.82 Å². The van der Waals surface area contributed by atoms with Crippen molar-refractivity contribution in [3.8, 4) is 0 Å². The quantitative estimate of drug-likeness (QED) is 0.883. The second-order valence-electron chi connectivity index (χ2n) is 4.93. The second-order valence-corrected chi connectivity index (χ2v) is 5.34. The molecule has 0 aliphatic heterocycles. The summed E-state index contributed by atoms with van der Waals surface area (Å²) in [6, 6.07) is 11.2. The van der Waals surface area contributed by atoms with E-state index in [1.54, 1.807) is 37.4 Å². The molecule has 0 saturated heterocycles. The monoisotopic (exact) mass is 334 g/mol. The average Bonchev–Trinajstić information content (AvgIpc) is 2.56. The molecule has 0 fully saturated rings. The third-order valence-electron chi connectivity index (χ3n) is 3.33. The highest BCUT2D eigenvalue weighted by atomic mass is 35.5. The number of halogens is 2. The summed E-state index contributed by atoms with van der Waals surface area (Å²) in [4.78, 5) is 23.3. The number of carbonyl (C=O) groups excluding carboxylic acids is 2. The predicted octanol–water partition coefficient (Wildman–Crippen LogP) is 2.70. The fourth-order valence-corrected chi connectivity index (χ4v) is 2.27. The minimum atomic E-state index is -0.498. The first-order valence-electron chi connectivity index (χ1n) is 7.02. The number of amides is 2. The Morgan fingerprint density at radius 1 is 1.13 bits per heavy atom. The van der Waals surface area contributed by atoms with Crippen molar-refractivity contribution < 1.29 is 14.0 Å². The van der Waals surface area contributed by atoms with Crippen molar-refractivity contribution in [2.45, 2.75) is 13.0 Å². The Hall–Kier alpha value is -2.40. The Balaban J connectivity index is 1.93. The van der Waals surface area contributed by atoms with Gasteiger partial charge in [0.2, 0.25) is 5.91 Å². The van der Waals surface area contributed by atoms with Gasteiger partial charge in [-0.3, -0.25) is 9.59 Å². The Kier molecular flexibility index (Phi) is 5.71. The topological polar surface area (TPSA) is 58.2 Å². The molecule has 0 radical (unpaired) electrons. The molecule has 2 rings (SSSR count). The van der Waals surface area contributed by atoms with Gasteiger partial charge in [-0.1, -0.05) is 29.8 Å². The van der Waals surface area contributed by atoms with E-state index in [-0.39, 0.29) is 28.8 Å². The number of rotatable bonds is 5. The smallest absolute Gasteiger partial charge is 0.251 e. The lowest BCUT2D eigenvalue weighted by Crippen LogP contribution is -2.25. The van der Waals surface area contributed by atoms with Crippen LogP contribution in [-0.2, 0) is 17.8 Å². The lowest BCUT2D eigenvalue weighted by molar-refractivity contribution is -0.120. The standard InChI is InChI=1S/C17H16ClFN2O2/c1-20-17(23)12-7-5-11(6-8-12)10-21-16(22)9-13-14(18)3-2-4-15(13)19/h2-8H,9-10H2,1H3,(H,20,23)(H,21,22). The van der Waals surface area contributed by atoms with Crippen LogP contribution in [0.2, 0.25) is 5.02 Å². The van der Waals surface area contributed by atoms with Crippen molar-refractivity contribution >= 4 is 23.4 Å². The highest BCUT2D eigenvalue weighted by Crippen LogP contribution is 2.19. The van der Waals surface area contributed by atoms with Crippen LogP contribution in [0.4, 0.5) is 4.39 Å². The second kappa shape index (κ2) is 7.74. The van der Waals surface area contributed by atoms with Gasteiger partial charge in [-0.15, -0.1) is 0 Å². The fourth-order valence-electron chi connectivity index (χ4n) is 2.04. The van der Waals surface area contributed by atoms with Gasteiger partial charge in [-0.05, 0) is 29.8 Å². The van der Waals surface area contributed by atoms with Crippen molar-refractivity contribution in [2.75, 3.05) is 7.05 Å². The molecule has 0 aliphatic rings. The Labute approximate surface area is 138 Å². The molecule has 0 unspecified atom stereocenters. The predicted molar refractivity (Wildman–Crippen MR) is 86.8 cm³/mol. The molecular weight excluding hydrogens is 319 g/mol. The minimum absolute atomic E-state index is 0.123. The van der Waals surface area contributed by atoms with E-state index in [9.17, 15) is 14.0 Å². The van der Waals surface area contributed by atoms with E-state index in [1.807, 2.05) is 0 Å². The zero-order valence-corrected chi connectivity index (χ0v) is 13.3. The summed E-state index contributed by atoms with van der Waals surface area (Å²) in [6.07, 6.45) is -0.123. The Morgan fingerprint density at radius 2 is 1.83 bits per heavy atom. The maximum Gasteiger partial charge on any atom is 0.251 e. The van der Waals surface area contributed by atoms with Crippen molar-refractivity contribution in [1.29, 1.82) is 0 Å². The molecule has 0 atom stereocenters. The van der Waals surface area contributed by atoms with Crippen LogP contribution in [0.25, 0.3) is 0 Å². The summed E-state index contributed by atoms with van der Waals surface area (Å²) in [5.41, 5.74) is 1.56. The maximum atomic E-state index is 13.6. The van der Waals surface area contributed by atoms with Gasteiger partial charge in [0.25, 0.3) is 5.91 Å². The molecule has 0 bridgehead atoms. The summed E-state index contributed by atoms with van der Waals surface area (Å²) < 4.78 is 13.6. The van der Waals surface area contributed by atoms with Crippen LogP contribution in [0.5, 0.6) is 0 Å². The Bertz CT molecular complexity index is 697. The van der Waals surface area contributed by atoms with Crippen molar-refractivity contribution in [2.24, 2.45) is 0 Å². The van der Waals surface area contributed by atoms with Crippen LogP contribution in [-0.4, -0.2) is 18.9 Å². The zero-order valence-electron chi connectivity index (χ0n) is 12.5. The van der Waals surface area contributed by atoms with E-state index in [1.165, 1.54) is 12.1 Å². The highest BCUT2D eigenvalue weighted by molar-refractivity contribution is 6.31. The van der Waals surface area contributed by atoms with Crippen LogP contribution >= 0.6 is 11.6 Å². The van der Waals surface area contributed by atoms with Crippen molar-refractivity contribution in [1.82, 2.24) is 10.6 Å². The SMILES string of the molecule is CNC(=O)c1ccc(CNC(=O)Cc2c(F)cccc2Cl)cc1. The molecule has 0 spiro atoms. The first-order valence-corrected chi connectivity index (χ1v) is 7.39. The van der Waals surface area contributed by atoms with Crippen LogP contribution in [0.15, 0.2) is 42.5 Å².